The zero-order valence-corrected chi connectivity index (χ0v) is 13.3. The molecule has 0 fully saturated rings. The maximum absolute atomic E-state index is 6.00. The van der Waals surface area contributed by atoms with Gasteiger partial charge < -0.3 is 5.73 Å². The first-order valence-electron chi connectivity index (χ1n) is 7.15. The predicted molar refractivity (Wildman–Crippen MR) is 85.1 cm³/mol. The SMILES string of the molecule is CCCN=C(N)Cc1c(C)cc(C(C)(C)C)cc1C. The molecule has 0 saturated heterocycles. The third-order valence-corrected chi connectivity index (χ3v) is 3.46. The number of nitrogens with two attached hydrogens (primary N) is 1. The van der Waals surface area contributed by atoms with E-state index in [0.717, 1.165) is 25.2 Å². The van der Waals surface area contributed by atoms with Crippen molar-refractivity contribution in [2.24, 2.45) is 10.7 Å². The Labute approximate surface area is 118 Å². The maximum Gasteiger partial charge on any atom is 0.0981 e. The minimum atomic E-state index is 0.190. The molecule has 0 aromatic heterocycles. The molecule has 0 aliphatic rings. The predicted octanol–water partition coefficient (Wildman–Crippen LogP) is 3.91. The van der Waals surface area contributed by atoms with E-state index in [1.54, 1.807) is 0 Å². The Balaban J connectivity index is 3.05. The molecule has 106 valence electrons. The standard InChI is InChI=1S/C17H28N2/c1-7-8-19-16(18)11-15-12(2)9-14(10-13(15)3)17(4,5)6/h9-10H,7-8,11H2,1-6H3,(H2,18,19). The summed E-state index contributed by atoms with van der Waals surface area (Å²) < 4.78 is 0. The van der Waals surface area contributed by atoms with Crippen molar-refractivity contribution in [3.63, 3.8) is 0 Å². The van der Waals surface area contributed by atoms with Gasteiger partial charge in [-0.15, -0.1) is 0 Å². The topological polar surface area (TPSA) is 38.4 Å². The second-order valence-electron chi connectivity index (χ2n) is 6.39. The average molecular weight is 260 g/mol. The van der Waals surface area contributed by atoms with Crippen LogP contribution >= 0.6 is 0 Å². The van der Waals surface area contributed by atoms with Gasteiger partial charge in [0.2, 0.25) is 0 Å². The van der Waals surface area contributed by atoms with E-state index in [2.05, 4.69) is 58.7 Å². The van der Waals surface area contributed by atoms with E-state index in [9.17, 15) is 0 Å². The van der Waals surface area contributed by atoms with Crippen LogP contribution in [0, 0.1) is 13.8 Å². The monoisotopic (exact) mass is 260 g/mol. The highest BCUT2D eigenvalue weighted by Crippen LogP contribution is 2.27. The summed E-state index contributed by atoms with van der Waals surface area (Å²) in [5.74, 6) is 0.747. The lowest BCUT2D eigenvalue weighted by Crippen LogP contribution is -2.18. The molecule has 0 radical (unpaired) electrons. The normalized spacial score (nSPS) is 12.8. The van der Waals surface area contributed by atoms with Crippen molar-refractivity contribution in [1.29, 1.82) is 0 Å². The quantitative estimate of drug-likeness (QED) is 0.647. The van der Waals surface area contributed by atoms with Crippen molar-refractivity contribution >= 4 is 5.84 Å². The smallest absolute Gasteiger partial charge is 0.0981 e. The fourth-order valence-electron chi connectivity index (χ4n) is 2.20. The van der Waals surface area contributed by atoms with E-state index in [4.69, 9.17) is 5.73 Å². The number of aryl methyl sites for hydroxylation is 2. The van der Waals surface area contributed by atoms with Crippen LogP contribution in [0.2, 0.25) is 0 Å². The van der Waals surface area contributed by atoms with Gasteiger partial charge in [0.1, 0.15) is 0 Å². The average Bonchev–Trinajstić information content (AvgIpc) is 2.29. The number of amidine groups is 1. The first kappa shape index (κ1) is 15.7. The molecule has 0 spiro atoms. The molecule has 0 bridgehead atoms. The molecule has 1 rings (SSSR count). The number of aliphatic imine (C=N–C) groups is 1. The maximum atomic E-state index is 6.00. The van der Waals surface area contributed by atoms with Crippen molar-refractivity contribution < 1.29 is 0 Å². The van der Waals surface area contributed by atoms with E-state index in [1.165, 1.54) is 22.3 Å². The molecule has 1 aromatic rings. The Morgan fingerprint density at radius 3 is 2.11 bits per heavy atom. The van der Waals surface area contributed by atoms with Crippen LogP contribution in [0.5, 0.6) is 0 Å². The van der Waals surface area contributed by atoms with Crippen molar-refractivity contribution in [1.82, 2.24) is 0 Å². The number of hydrogen-bond donors (Lipinski definition) is 1. The number of nitrogens with zero attached hydrogens (tertiary/aromatic N) is 1. The van der Waals surface area contributed by atoms with Crippen LogP contribution in [0.3, 0.4) is 0 Å². The van der Waals surface area contributed by atoms with E-state index < -0.39 is 0 Å². The van der Waals surface area contributed by atoms with Crippen LogP contribution in [0.25, 0.3) is 0 Å². The van der Waals surface area contributed by atoms with Crippen LogP contribution in [0.1, 0.15) is 56.4 Å². The van der Waals surface area contributed by atoms with Crippen LogP contribution in [-0.2, 0) is 11.8 Å². The number of rotatable bonds is 4. The Hall–Kier alpha value is -1.31. The lowest BCUT2D eigenvalue weighted by molar-refractivity contribution is 0.589. The summed E-state index contributed by atoms with van der Waals surface area (Å²) in [6.45, 7) is 14.0. The highest BCUT2D eigenvalue weighted by Gasteiger charge is 2.16. The third-order valence-electron chi connectivity index (χ3n) is 3.46. The highest BCUT2D eigenvalue weighted by molar-refractivity contribution is 5.83. The van der Waals surface area contributed by atoms with Gasteiger partial charge in [-0.1, -0.05) is 39.8 Å². The first-order chi connectivity index (χ1) is 8.75. The molecule has 0 saturated carbocycles. The Bertz CT molecular complexity index is 442. The van der Waals surface area contributed by atoms with E-state index in [-0.39, 0.29) is 5.41 Å². The summed E-state index contributed by atoms with van der Waals surface area (Å²) in [7, 11) is 0. The second kappa shape index (κ2) is 6.23. The summed E-state index contributed by atoms with van der Waals surface area (Å²) in [5.41, 5.74) is 11.5. The summed E-state index contributed by atoms with van der Waals surface area (Å²) in [6.07, 6.45) is 1.81. The second-order valence-corrected chi connectivity index (χ2v) is 6.39. The zero-order valence-electron chi connectivity index (χ0n) is 13.3. The third kappa shape index (κ3) is 4.38. The molecular weight excluding hydrogens is 232 g/mol. The molecule has 0 amide bonds. The highest BCUT2D eigenvalue weighted by atomic mass is 14.8. The van der Waals surface area contributed by atoms with Gasteiger partial charge in [0, 0.05) is 13.0 Å². The van der Waals surface area contributed by atoms with Crippen LogP contribution in [-0.4, -0.2) is 12.4 Å². The molecule has 0 unspecified atom stereocenters. The summed E-state index contributed by atoms with van der Waals surface area (Å²) >= 11 is 0. The summed E-state index contributed by atoms with van der Waals surface area (Å²) in [6, 6.07) is 4.57. The van der Waals surface area contributed by atoms with Crippen molar-refractivity contribution in [2.45, 2.75) is 59.8 Å². The lowest BCUT2D eigenvalue weighted by atomic mass is 9.83. The molecule has 2 N–H and O–H groups in total. The van der Waals surface area contributed by atoms with Gasteiger partial charge in [-0.25, -0.2) is 0 Å². The van der Waals surface area contributed by atoms with Gasteiger partial charge in [0.25, 0.3) is 0 Å². The molecule has 0 aliphatic heterocycles. The van der Waals surface area contributed by atoms with E-state index >= 15 is 0 Å². The van der Waals surface area contributed by atoms with Crippen LogP contribution in [0.4, 0.5) is 0 Å². The van der Waals surface area contributed by atoms with Crippen molar-refractivity contribution in [3.8, 4) is 0 Å². The largest absolute Gasteiger partial charge is 0.387 e. The summed E-state index contributed by atoms with van der Waals surface area (Å²) in [4.78, 5) is 4.39. The van der Waals surface area contributed by atoms with Gasteiger partial charge in [0.15, 0.2) is 0 Å². The molecular formula is C17H28N2. The van der Waals surface area contributed by atoms with Crippen molar-refractivity contribution in [3.05, 3.63) is 34.4 Å². The minimum absolute atomic E-state index is 0.190. The van der Waals surface area contributed by atoms with E-state index in [0.29, 0.717) is 0 Å². The minimum Gasteiger partial charge on any atom is -0.387 e. The molecule has 1 aromatic carbocycles. The number of hydrogen-bond acceptors (Lipinski definition) is 1. The van der Waals surface area contributed by atoms with Gasteiger partial charge in [-0.05, 0) is 47.9 Å². The molecule has 19 heavy (non-hydrogen) atoms. The zero-order chi connectivity index (χ0) is 14.6. The molecule has 2 heteroatoms. The van der Waals surface area contributed by atoms with E-state index in [1.807, 2.05) is 0 Å². The molecule has 0 heterocycles. The van der Waals surface area contributed by atoms with Gasteiger partial charge >= 0.3 is 0 Å². The Morgan fingerprint density at radius 2 is 1.68 bits per heavy atom. The fraction of sp³-hybridized carbons (Fsp3) is 0.588. The van der Waals surface area contributed by atoms with Gasteiger partial charge in [-0.3, -0.25) is 4.99 Å². The van der Waals surface area contributed by atoms with Gasteiger partial charge in [0.05, 0.1) is 5.84 Å². The molecule has 0 aliphatic carbocycles. The van der Waals surface area contributed by atoms with Crippen LogP contribution in [0.15, 0.2) is 17.1 Å². The number of benzene rings is 1. The van der Waals surface area contributed by atoms with Gasteiger partial charge in [-0.2, -0.15) is 0 Å². The Morgan fingerprint density at radius 1 is 1.16 bits per heavy atom. The van der Waals surface area contributed by atoms with Crippen LogP contribution < -0.4 is 5.73 Å². The molecule has 2 nitrogen and oxygen atoms in total. The summed E-state index contributed by atoms with van der Waals surface area (Å²) in [5, 5.41) is 0. The van der Waals surface area contributed by atoms with Crippen molar-refractivity contribution in [2.75, 3.05) is 6.54 Å². The first-order valence-corrected chi connectivity index (χ1v) is 7.15. The Kier molecular flexibility index (Phi) is 5.16. The molecule has 0 atom stereocenters. The lowest BCUT2D eigenvalue weighted by Gasteiger charge is -2.22. The fourth-order valence-corrected chi connectivity index (χ4v) is 2.20.